The highest BCUT2D eigenvalue weighted by Gasteiger charge is 2.18. The Labute approximate surface area is 150 Å². The molecule has 124 valence electrons. The average Bonchev–Trinajstić information content (AvgIpc) is 2.97. The van der Waals surface area contributed by atoms with Crippen LogP contribution in [-0.4, -0.2) is 19.3 Å². The molecule has 2 aromatic carbocycles. The fourth-order valence-electron chi connectivity index (χ4n) is 2.73. The van der Waals surface area contributed by atoms with Crippen LogP contribution in [0.25, 0.3) is 28.1 Å². The van der Waals surface area contributed by atoms with Crippen LogP contribution in [0.15, 0.2) is 64.0 Å². The molecule has 0 radical (unpaired) electrons. The standard InChI is InChI=1S/C18H12BrFN4O/c1-23-10-14-16(22-23)21-17(13-4-2-3-5-15(13)20)24(18(14)25)12-8-6-11(19)7-9-12/h2-10H,1H3. The summed E-state index contributed by atoms with van der Waals surface area (Å²) >= 11 is 3.38. The van der Waals surface area contributed by atoms with Gasteiger partial charge in [0, 0.05) is 17.7 Å². The third-order valence-electron chi connectivity index (χ3n) is 3.87. The molecule has 2 heterocycles. The van der Waals surface area contributed by atoms with E-state index < -0.39 is 5.82 Å². The maximum atomic E-state index is 14.4. The highest BCUT2D eigenvalue weighted by molar-refractivity contribution is 9.10. The van der Waals surface area contributed by atoms with Crippen molar-refractivity contribution in [3.8, 4) is 17.1 Å². The molecule has 0 spiro atoms. The fraction of sp³-hybridized carbons (Fsp3) is 0.0556. The second kappa shape index (κ2) is 5.93. The van der Waals surface area contributed by atoms with Gasteiger partial charge in [0.15, 0.2) is 11.5 Å². The molecule has 4 aromatic rings. The maximum Gasteiger partial charge on any atom is 0.269 e. The number of fused-ring (bicyclic) bond motifs is 1. The summed E-state index contributed by atoms with van der Waals surface area (Å²) in [6, 6.07) is 13.4. The molecule has 0 atom stereocenters. The van der Waals surface area contributed by atoms with Crippen molar-refractivity contribution >= 4 is 27.0 Å². The van der Waals surface area contributed by atoms with Crippen molar-refractivity contribution in [2.75, 3.05) is 0 Å². The van der Waals surface area contributed by atoms with Crippen LogP contribution < -0.4 is 5.56 Å². The molecule has 4 rings (SSSR count). The Hall–Kier alpha value is -2.80. The number of benzene rings is 2. The lowest BCUT2D eigenvalue weighted by atomic mass is 10.1. The first-order chi connectivity index (χ1) is 12.0. The van der Waals surface area contributed by atoms with Gasteiger partial charge in [0.05, 0.1) is 11.3 Å². The zero-order valence-corrected chi connectivity index (χ0v) is 14.7. The van der Waals surface area contributed by atoms with E-state index in [1.807, 2.05) is 12.1 Å². The molecule has 0 aliphatic carbocycles. The van der Waals surface area contributed by atoms with Gasteiger partial charge in [0.1, 0.15) is 11.2 Å². The summed E-state index contributed by atoms with van der Waals surface area (Å²) < 4.78 is 18.2. The molecule has 0 unspecified atom stereocenters. The van der Waals surface area contributed by atoms with Gasteiger partial charge in [-0.2, -0.15) is 5.10 Å². The van der Waals surface area contributed by atoms with Crippen LogP contribution in [0.5, 0.6) is 0 Å². The van der Waals surface area contributed by atoms with Crippen molar-refractivity contribution in [3.63, 3.8) is 0 Å². The molecule has 0 fully saturated rings. The second-order valence-electron chi connectivity index (χ2n) is 5.57. The van der Waals surface area contributed by atoms with Crippen LogP contribution in [0, 0.1) is 5.82 Å². The van der Waals surface area contributed by atoms with Crippen LogP contribution in [0.1, 0.15) is 0 Å². The van der Waals surface area contributed by atoms with Gasteiger partial charge in [-0.15, -0.1) is 0 Å². The molecule has 0 aliphatic rings. The number of aromatic nitrogens is 4. The summed E-state index contributed by atoms with van der Waals surface area (Å²) in [6.45, 7) is 0. The number of halogens is 2. The molecular weight excluding hydrogens is 387 g/mol. The van der Waals surface area contributed by atoms with Gasteiger partial charge in [-0.3, -0.25) is 14.0 Å². The zero-order valence-electron chi connectivity index (χ0n) is 13.1. The number of nitrogens with zero attached hydrogens (tertiary/aromatic N) is 4. The zero-order chi connectivity index (χ0) is 17.6. The van der Waals surface area contributed by atoms with Crippen LogP contribution in [0.3, 0.4) is 0 Å². The summed E-state index contributed by atoms with van der Waals surface area (Å²) in [5.41, 5.74) is 0.845. The summed E-state index contributed by atoms with van der Waals surface area (Å²) in [6.07, 6.45) is 1.62. The lowest BCUT2D eigenvalue weighted by molar-refractivity contribution is 0.629. The molecular formula is C18H12BrFN4O. The minimum atomic E-state index is -0.449. The lowest BCUT2D eigenvalue weighted by Crippen LogP contribution is -2.21. The van der Waals surface area contributed by atoms with E-state index in [2.05, 4.69) is 26.0 Å². The van der Waals surface area contributed by atoms with Gasteiger partial charge in [-0.05, 0) is 36.4 Å². The van der Waals surface area contributed by atoms with E-state index in [1.54, 1.807) is 43.6 Å². The third-order valence-corrected chi connectivity index (χ3v) is 4.39. The van der Waals surface area contributed by atoms with Gasteiger partial charge in [0.2, 0.25) is 0 Å². The molecule has 0 bridgehead atoms. The summed E-state index contributed by atoms with van der Waals surface area (Å²) in [7, 11) is 1.72. The third kappa shape index (κ3) is 2.66. The maximum absolute atomic E-state index is 14.4. The summed E-state index contributed by atoms with van der Waals surface area (Å²) in [5.74, 6) is -0.229. The highest BCUT2D eigenvalue weighted by Crippen LogP contribution is 2.24. The minimum Gasteiger partial charge on any atom is -0.273 e. The van der Waals surface area contributed by atoms with Crippen molar-refractivity contribution in [1.82, 2.24) is 19.3 Å². The van der Waals surface area contributed by atoms with E-state index in [4.69, 9.17) is 0 Å². The second-order valence-corrected chi connectivity index (χ2v) is 6.49. The Morgan fingerprint density at radius 1 is 1.08 bits per heavy atom. The molecule has 0 saturated heterocycles. The van der Waals surface area contributed by atoms with Crippen LogP contribution in [-0.2, 0) is 7.05 Å². The van der Waals surface area contributed by atoms with Crippen molar-refractivity contribution in [2.45, 2.75) is 0 Å². The Balaban J connectivity index is 2.13. The van der Waals surface area contributed by atoms with Crippen molar-refractivity contribution < 1.29 is 4.39 Å². The highest BCUT2D eigenvalue weighted by atomic mass is 79.9. The number of rotatable bonds is 2. The number of hydrogen-bond acceptors (Lipinski definition) is 3. The molecule has 0 N–H and O–H groups in total. The van der Waals surface area contributed by atoms with E-state index >= 15 is 0 Å². The fourth-order valence-corrected chi connectivity index (χ4v) is 2.99. The van der Waals surface area contributed by atoms with Crippen LogP contribution >= 0.6 is 15.9 Å². The quantitative estimate of drug-likeness (QED) is 0.517. The van der Waals surface area contributed by atoms with Crippen molar-refractivity contribution in [2.24, 2.45) is 7.05 Å². The first-order valence-electron chi connectivity index (χ1n) is 7.52. The largest absolute Gasteiger partial charge is 0.273 e. The number of hydrogen-bond donors (Lipinski definition) is 0. The Bertz CT molecular complexity index is 1150. The van der Waals surface area contributed by atoms with E-state index in [-0.39, 0.29) is 16.9 Å². The van der Waals surface area contributed by atoms with Gasteiger partial charge >= 0.3 is 0 Å². The molecule has 7 heteroatoms. The van der Waals surface area contributed by atoms with E-state index in [9.17, 15) is 9.18 Å². The van der Waals surface area contributed by atoms with E-state index in [0.29, 0.717) is 16.7 Å². The Kier molecular flexibility index (Phi) is 3.73. The number of aryl methyl sites for hydroxylation is 1. The average molecular weight is 399 g/mol. The molecule has 0 saturated carbocycles. The molecule has 5 nitrogen and oxygen atoms in total. The molecule has 25 heavy (non-hydrogen) atoms. The Morgan fingerprint density at radius 3 is 2.52 bits per heavy atom. The first-order valence-corrected chi connectivity index (χ1v) is 8.31. The van der Waals surface area contributed by atoms with E-state index in [1.165, 1.54) is 15.3 Å². The van der Waals surface area contributed by atoms with Crippen molar-refractivity contribution in [1.29, 1.82) is 0 Å². The molecule has 0 aliphatic heterocycles. The summed E-state index contributed by atoms with van der Waals surface area (Å²) in [5, 5.41) is 4.58. The minimum absolute atomic E-state index is 0.219. The molecule has 0 amide bonds. The van der Waals surface area contributed by atoms with Gasteiger partial charge in [-0.1, -0.05) is 28.1 Å². The first kappa shape index (κ1) is 15.7. The topological polar surface area (TPSA) is 52.7 Å². The predicted molar refractivity (Wildman–Crippen MR) is 97.2 cm³/mol. The molecule has 2 aromatic heterocycles. The lowest BCUT2D eigenvalue weighted by Gasteiger charge is -2.13. The van der Waals surface area contributed by atoms with Gasteiger partial charge in [0.25, 0.3) is 5.56 Å². The Morgan fingerprint density at radius 2 is 1.80 bits per heavy atom. The SMILES string of the molecule is Cn1cc2c(=O)n(-c3ccc(Br)cc3)c(-c3ccccc3F)nc2n1. The van der Waals surface area contributed by atoms with E-state index in [0.717, 1.165) is 4.47 Å². The predicted octanol–water partition coefficient (Wildman–Crippen LogP) is 3.69. The monoisotopic (exact) mass is 398 g/mol. The van der Waals surface area contributed by atoms with Crippen molar-refractivity contribution in [3.05, 3.63) is 75.4 Å². The van der Waals surface area contributed by atoms with Crippen LogP contribution in [0.4, 0.5) is 4.39 Å². The summed E-state index contributed by atoms with van der Waals surface area (Å²) in [4.78, 5) is 17.5. The van der Waals surface area contributed by atoms with Gasteiger partial charge in [-0.25, -0.2) is 9.37 Å². The normalized spacial score (nSPS) is 11.2. The van der Waals surface area contributed by atoms with Crippen LogP contribution in [0.2, 0.25) is 0 Å². The van der Waals surface area contributed by atoms with Gasteiger partial charge < -0.3 is 0 Å². The smallest absolute Gasteiger partial charge is 0.269 e.